The first-order valence-electron chi connectivity index (χ1n) is 4.23. The van der Waals surface area contributed by atoms with E-state index in [9.17, 15) is 9.59 Å². The second-order valence-corrected chi connectivity index (χ2v) is 3.45. The zero-order valence-corrected chi connectivity index (χ0v) is 7.50. The van der Waals surface area contributed by atoms with Gasteiger partial charge in [0.15, 0.2) is 0 Å². The second kappa shape index (κ2) is 3.70. The van der Waals surface area contributed by atoms with Crippen LogP contribution in [0.5, 0.6) is 0 Å². The summed E-state index contributed by atoms with van der Waals surface area (Å²) in [6, 6.07) is 0. The molecule has 3 heteroatoms. The van der Waals surface area contributed by atoms with Crippen molar-refractivity contribution in [2.45, 2.75) is 26.2 Å². The molecule has 68 valence electrons. The molecular formula is C9H14O3. The minimum Gasteiger partial charge on any atom is -0.469 e. The van der Waals surface area contributed by atoms with Crippen LogP contribution in [0.1, 0.15) is 26.2 Å². The molecule has 1 fully saturated rings. The van der Waals surface area contributed by atoms with Gasteiger partial charge in [-0.05, 0) is 12.3 Å². The molecule has 12 heavy (non-hydrogen) atoms. The Kier molecular flexibility index (Phi) is 2.84. The third-order valence-corrected chi connectivity index (χ3v) is 2.41. The summed E-state index contributed by atoms with van der Waals surface area (Å²) in [5.41, 5.74) is 0. The predicted octanol–water partition coefficient (Wildman–Crippen LogP) is 1.16. The second-order valence-electron chi connectivity index (χ2n) is 3.45. The van der Waals surface area contributed by atoms with Crippen LogP contribution in [0.2, 0.25) is 0 Å². The first kappa shape index (κ1) is 9.23. The smallest absolute Gasteiger partial charge is 0.305 e. The van der Waals surface area contributed by atoms with Gasteiger partial charge >= 0.3 is 5.97 Å². The third kappa shape index (κ3) is 2.06. The Morgan fingerprint density at radius 2 is 2.33 bits per heavy atom. The number of rotatable bonds is 2. The molecule has 1 aliphatic rings. The average molecular weight is 170 g/mol. The van der Waals surface area contributed by atoms with Crippen LogP contribution in [-0.4, -0.2) is 18.9 Å². The highest BCUT2D eigenvalue weighted by molar-refractivity contribution is 5.84. The van der Waals surface area contributed by atoms with E-state index in [1.54, 1.807) is 0 Å². The number of ether oxygens (including phenoxy) is 1. The lowest BCUT2D eigenvalue weighted by Gasteiger charge is -2.05. The van der Waals surface area contributed by atoms with Gasteiger partial charge in [-0.2, -0.15) is 0 Å². The first-order valence-corrected chi connectivity index (χ1v) is 4.23. The minimum atomic E-state index is -0.207. The Hall–Kier alpha value is -0.860. The molecule has 2 unspecified atom stereocenters. The predicted molar refractivity (Wildman–Crippen MR) is 43.5 cm³/mol. The van der Waals surface area contributed by atoms with E-state index in [0.717, 1.165) is 6.42 Å². The molecule has 3 nitrogen and oxygen atoms in total. The number of Topliss-reactive ketones (excluding diaryl/α,β-unsaturated/α-hetero) is 1. The maximum absolute atomic E-state index is 11.1. The molecule has 2 atom stereocenters. The minimum absolute atomic E-state index is 0.139. The van der Waals surface area contributed by atoms with Gasteiger partial charge in [0.25, 0.3) is 0 Å². The number of hydrogen-bond donors (Lipinski definition) is 0. The summed E-state index contributed by atoms with van der Waals surface area (Å²) in [7, 11) is 1.38. The highest BCUT2D eigenvalue weighted by Gasteiger charge is 2.30. The van der Waals surface area contributed by atoms with Gasteiger partial charge in [0, 0.05) is 18.8 Å². The van der Waals surface area contributed by atoms with Crippen molar-refractivity contribution in [2.75, 3.05) is 7.11 Å². The zero-order chi connectivity index (χ0) is 9.14. The van der Waals surface area contributed by atoms with E-state index in [1.807, 2.05) is 6.92 Å². The van der Waals surface area contributed by atoms with E-state index >= 15 is 0 Å². The van der Waals surface area contributed by atoms with Crippen molar-refractivity contribution in [3.8, 4) is 0 Å². The monoisotopic (exact) mass is 170 g/mol. The van der Waals surface area contributed by atoms with Crippen LogP contribution >= 0.6 is 0 Å². The summed E-state index contributed by atoms with van der Waals surface area (Å²) in [4.78, 5) is 21.9. The van der Waals surface area contributed by atoms with Crippen molar-refractivity contribution in [1.82, 2.24) is 0 Å². The molecular weight excluding hydrogens is 156 g/mol. The highest BCUT2D eigenvalue weighted by atomic mass is 16.5. The summed E-state index contributed by atoms with van der Waals surface area (Å²) in [6.45, 7) is 1.92. The lowest BCUT2D eigenvalue weighted by atomic mass is 10.0. The quantitative estimate of drug-likeness (QED) is 0.584. The Bertz CT molecular complexity index is 198. The van der Waals surface area contributed by atoms with Crippen LogP contribution < -0.4 is 0 Å². The number of carbonyl (C=O) groups is 2. The lowest BCUT2D eigenvalue weighted by Crippen LogP contribution is -2.07. The molecule has 0 amide bonds. The Labute approximate surface area is 72.1 Å². The topological polar surface area (TPSA) is 43.4 Å². The van der Waals surface area contributed by atoms with Crippen LogP contribution in [0, 0.1) is 11.8 Å². The molecule has 0 radical (unpaired) electrons. The summed E-state index contributed by atoms with van der Waals surface area (Å²) in [6.07, 6.45) is 1.79. The van der Waals surface area contributed by atoms with Crippen molar-refractivity contribution in [1.29, 1.82) is 0 Å². The van der Waals surface area contributed by atoms with Gasteiger partial charge in [0.1, 0.15) is 5.78 Å². The summed E-state index contributed by atoms with van der Waals surface area (Å²) in [5, 5.41) is 0. The van der Waals surface area contributed by atoms with Gasteiger partial charge < -0.3 is 4.74 Å². The van der Waals surface area contributed by atoms with E-state index in [4.69, 9.17) is 0 Å². The van der Waals surface area contributed by atoms with Crippen molar-refractivity contribution >= 4 is 11.8 Å². The number of carbonyl (C=O) groups excluding carboxylic acids is 2. The molecule has 0 aromatic heterocycles. The summed E-state index contributed by atoms with van der Waals surface area (Å²) in [5.74, 6) is 0.436. The molecule has 0 aromatic carbocycles. The molecule has 0 N–H and O–H groups in total. The van der Waals surface area contributed by atoms with E-state index in [0.29, 0.717) is 12.8 Å². The molecule has 0 bridgehead atoms. The molecule has 1 aliphatic carbocycles. The highest BCUT2D eigenvalue weighted by Crippen LogP contribution is 2.29. The van der Waals surface area contributed by atoms with Crippen LogP contribution in [0.25, 0.3) is 0 Å². The Balaban J connectivity index is 2.37. The number of ketones is 1. The Morgan fingerprint density at radius 3 is 2.75 bits per heavy atom. The van der Waals surface area contributed by atoms with Gasteiger partial charge in [-0.1, -0.05) is 6.92 Å². The molecule has 1 saturated carbocycles. The van der Waals surface area contributed by atoms with Crippen LogP contribution in [0.15, 0.2) is 0 Å². The first-order chi connectivity index (χ1) is 5.63. The largest absolute Gasteiger partial charge is 0.469 e. The fraction of sp³-hybridized carbons (Fsp3) is 0.778. The van der Waals surface area contributed by atoms with Crippen molar-refractivity contribution < 1.29 is 14.3 Å². The van der Waals surface area contributed by atoms with E-state index in [2.05, 4.69) is 4.74 Å². The summed E-state index contributed by atoms with van der Waals surface area (Å²) < 4.78 is 4.53. The van der Waals surface area contributed by atoms with Crippen molar-refractivity contribution in [3.05, 3.63) is 0 Å². The van der Waals surface area contributed by atoms with Crippen molar-refractivity contribution in [2.24, 2.45) is 11.8 Å². The van der Waals surface area contributed by atoms with Crippen LogP contribution in [-0.2, 0) is 14.3 Å². The van der Waals surface area contributed by atoms with E-state index in [-0.39, 0.29) is 23.6 Å². The number of esters is 1. The van der Waals surface area contributed by atoms with E-state index < -0.39 is 0 Å². The molecule has 1 rings (SSSR count). The Morgan fingerprint density at radius 1 is 1.67 bits per heavy atom. The third-order valence-electron chi connectivity index (χ3n) is 2.41. The standard InChI is InChI=1S/C9H14O3/c1-6-3-7(4-8(6)10)5-9(11)12-2/h6-7H,3-5H2,1-2H3. The fourth-order valence-corrected chi connectivity index (χ4v) is 1.68. The van der Waals surface area contributed by atoms with E-state index in [1.165, 1.54) is 7.11 Å². The van der Waals surface area contributed by atoms with Gasteiger partial charge in [0.05, 0.1) is 7.11 Å². The molecule has 0 heterocycles. The molecule has 0 aliphatic heterocycles. The fourth-order valence-electron chi connectivity index (χ4n) is 1.68. The lowest BCUT2D eigenvalue weighted by molar-refractivity contribution is -0.141. The number of hydrogen-bond acceptors (Lipinski definition) is 3. The SMILES string of the molecule is COC(=O)CC1CC(=O)C(C)C1. The van der Waals surface area contributed by atoms with Crippen LogP contribution in [0.3, 0.4) is 0 Å². The molecule has 0 spiro atoms. The zero-order valence-electron chi connectivity index (χ0n) is 7.50. The maximum atomic E-state index is 11.1. The maximum Gasteiger partial charge on any atom is 0.305 e. The summed E-state index contributed by atoms with van der Waals surface area (Å²) >= 11 is 0. The van der Waals surface area contributed by atoms with Gasteiger partial charge in [-0.3, -0.25) is 9.59 Å². The number of methoxy groups -OCH3 is 1. The molecule has 0 aromatic rings. The normalized spacial score (nSPS) is 29.0. The van der Waals surface area contributed by atoms with Gasteiger partial charge in [0.2, 0.25) is 0 Å². The average Bonchev–Trinajstić information content (AvgIpc) is 2.31. The molecule has 0 saturated heterocycles. The van der Waals surface area contributed by atoms with Gasteiger partial charge in [-0.25, -0.2) is 0 Å². The van der Waals surface area contributed by atoms with Crippen molar-refractivity contribution in [3.63, 3.8) is 0 Å². The van der Waals surface area contributed by atoms with Gasteiger partial charge in [-0.15, -0.1) is 0 Å². The van der Waals surface area contributed by atoms with Crippen LogP contribution in [0.4, 0.5) is 0 Å².